The van der Waals surface area contributed by atoms with Gasteiger partial charge in [-0.1, -0.05) is 54.4 Å². The number of halogens is 1. The molecule has 2 aromatic rings. The van der Waals surface area contributed by atoms with Gasteiger partial charge in [0.15, 0.2) is 6.10 Å². The van der Waals surface area contributed by atoms with Crippen LogP contribution in [0.15, 0.2) is 53.7 Å². The Labute approximate surface area is 171 Å². The number of nitrogens with zero attached hydrogens (tertiary/aromatic N) is 2. The fourth-order valence-corrected chi connectivity index (χ4v) is 4.35. The van der Waals surface area contributed by atoms with Crippen molar-refractivity contribution in [3.05, 3.63) is 71.0 Å². The van der Waals surface area contributed by atoms with Crippen LogP contribution in [-0.2, 0) is 16.2 Å². The summed E-state index contributed by atoms with van der Waals surface area (Å²) in [5, 5.41) is 4.30. The average molecular weight is 394 g/mol. The quantitative estimate of drug-likeness (QED) is 0.703. The molecular weight excluding hydrogens is 367 g/mol. The van der Waals surface area contributed by atoms with Crippen LogP contribution in [0.1, 0.15) is 48.8 Å². The number of hydrogen-bond donors (Lipinski definition) is 0. The zero-order valence-corrected chi connectivity index (χ0v) is 16.8. The lowest BCUT2D eigenvalue weighted by atomic mass is 9.99. The van der Waals surface area contributed by atoms with Crippen molar-refractivity contribution in [1.82, 2.24) is 4.90 Å². The van der Waals surface area contributed by atoms with Crippen molar-refractivity contribution in [2.24, 2.45) is 11.1 Å². The molecule has 0 bridgehead atoms. The van der Waals surface area contributed by atoms with Crippen LogP contribution in [-0.4, -0.2) is 29.2 Å². The molecule has 1 amide bonds. The lowest BCUT2D eigenvalue weighted by Crippen LogP contribution is -2.40. The number of aryl methyl sites for hydroxylation is 1. The number of carbonyl (C=O) groups excluding carboxylic acids is 1. The van der Waals surface area contributed by atoms with Gasteiger partial charge in [-0.25, -0.2) is 4.39 Å². The predicted molar refractivity (Wildman–Crippen MR) is 111 cm³/mol. The Bertz CT molecular complexity index is 905. The first-order chi connectivity index (χ1) is 14.1. The van der Waals surface area contributed by atoms with E-state index in [1.165, 1.54) is 12.1 Å². The van der Waals surface area contributed by atoms with Crippen molar-refractivity contribution in [2.45, 2.75) is 51.7 Å². The molecule has 2 aliphatic rings. The highest BCUT2D eigenvalue weighted by atomic mass is 19.1. The summed E-state index contributed by atoms with van der Waals surface area (Å²) >= 11 is 0. The van der Waals surface area contributed by atoms with Gasteiger partial charge in [-0.3, -0.25) is 4.79 Å². The van der Waals surface area contributed by atoms with Crippen LogP contribution in [0.3, 0.4) is 0 Å². The summed E-state index contributed by atoms with van der Waals surface area (Å²) in [6.07, 6.45) is 4.57. The van der Waals surface area contributed by atoms with E-state index in [9.17, 15) is 9.18 Å². The van der Waals surface area contributed by atoms with E-state index in [1.54, 1.807) is 6.07 Å². The summed E-state index contributed by atoms with van der Waals surface area (Å²) in [7, 11) is 0. The number of benzene rings is 2. The van der Waals surface area contributed by atoms with Crippen molar-refractivity contribution < 1.29 is 14.0 Å². The number of hydrogen-bond acceptors (Lipinski definition) is 3. The molecule has 1 fully saturated rings. The molecule has 0 radical (unpaired) electrons. The Morgan fingerprint density at radius 3 is 2.72 bits per heavy atom. The van der Waals surface area contributed by atoms with Crippen LogP contribution in [0.4, 0.5) is 4.39 Å². The molecule has 0 saturated heterocycles. The standard InChI is InChI=1S/C24H27FN2O2/c1-17-7-2-5-12-22(17)23-14-21(29-26-23)16-27(24(28)19-9-3-4-10-19)15-18-8-6-11-20(25)13-18/h2,5-8,11-13,19,21H,3-4,9-10,14-16H2,1H3. The number of carbonyl (C=O) groups is 1. The minimum Gasteiger partial charge on any atom is -0.390 e. The predicted octanol–water partition coefficient (Wildman–Crippen LogP) is 4.85. The number of amides is 1. The van der Waals surface area contributed by atoms with Crippen LogP contribution in [0.25, 0.3) is 0 Å². The molecule has 1 heterocycles. The Morgan fingerprint density at radius 2 is 1.97 bits per heavy atom. The maximum Gasteiger partial charge on any atom is 0.226 e. The Balaban J connectivity index is 1.47. The summed E-state index contributed by atoms with van der Waals surface area (Å²) in [5.74, 6) is -0.0560. The molecule has 0 spiro atoms. The summed E-state index contributed by atoms with van der Waals surface area (Å²) < 4.78 is 13.7. The molecule has 1 atom stereocenters. The molecule has 1 aliphatic carbocycles. The second-order valence-electron chi connectivity index (χ2n) is 8.11. The monoisotopic (exact) mass is 394 g/mol. The Kier molecular flexibility index (Phi) is 5.93. The third-order valence-electron chi connectivity index (χ3n) is 5.89. The third-order valence-corrected chi connectivity index (χ3v) is 5.89. The molecule has 0 N–H and O–H groups in total. The molecule has 0 aromatic heterocycles. The van der Waals surface area contributed by atoms with Gasteiger partial charge < -0.3 is 9.74 Å². The highest BCUT2D eigenvalue weighted by Crippen LogP contribution is 2.28. The summed E-state index contributed by atoms with van der Waals surface area (Å²) in [6.45, 7) is 2.92. The summed E-state index contributed by atoms with van der Waals surface area (Å²) in [4.78, 5) is 20.7. The normalized spacial score (nSPS) is 19.1. The fourth-order valence-electron chi connectivity index (χ4n) is 4.35. The topological polar surface area (TPSA) is 41.9 Å². The van der Waals surface area contributed by atoms with Crippen molar-refractivity contribution in [3.8, 4) is 0 Å². The van der Waals surface area contributed by atoms with Gasteiger partial charge in [0.1, 0.15) is 5.82 Å². The smallest absolute Gasteiger partial charge is 0.226 e. The number of oxime groups is 1. The lowest BCUT2D eigenvalue weighted by Gasteiger charge is -2.27. The molecular formula is C24H27FN2O2. The van der Waals surface area contributed by atoms with Crippen LogP contribution in [0, 0.1) is 18.7 Å². The second-order valence-corrected chi connectivity index (χ2v) is 8.11. The number of rotatable bonds is 6. The zero-order valence-electron chi connectivity index (χ0n) is 16.8. The van der Waals surface area contributed by atoms with Gasteiger partial charge >= 0.3 is 0 Å². The molecule has 4 nitrogen and oxygen atoms in total. The first-order valence-electron chi connectivity index (χ1n) is 10.4. The van der Waals surface area contributed by atoms with Gasteiger partial charge in [0.2, 0.25) is 5.91 Å². The molecule has 5 heteroatoms. The van der Waals surface area contributed by atoms with Crippen molar-refractivity contribution in [3.63, 3.8) is 0 Å². The molecule has 4 rings (SSSR count). The second kappa shape index (κ2) is 8.76. The maximum atomic E-state index is 13.7. The van der Waals surface area contributed by atoms with E-state index in [1.807, 2.05) is 29.2 Å². The Hall–Kier alpha value is -2.69. The van der Waals surface area contributed by atoms with Crippen LogP contribution in [0.5, 0.6) is 0 Å². The molecule has 2 aromatic carbocycles. The summed E-state index contributed by atoms with van der Waals surface area (Å²) in [6, 6.07) is 14.6. The highest BCUT2D eigenvalue weighted by molar-refractivity contribution is 6.02. The SMILES string of the molecule is Cc1ccccc1C1=NOC(CN(Cc2cccc(F)c2)C(=O)C2CCCC2)C1. The van der Waals surface area contributed by atoms with E-state index in [0.29, 0.717) is 19.5 Å². The van der Waals surface area contributed by atoms with E-state index >= 15 is 0 Å². The van der Waals surface area contributed by atoms with Gasteiger partial charge in [0.05, 0.1) is 12.3 Å². The minimum absolute atomic E-state index is 0.0710. The highest BCUT2D eigenvalue weighted by Gasteiger charge is 2.31. The van der Waals surface area contributed by atoms with E-state index in [4.69, 9.17) is 4.84 Å². The van der Waals surface area contributed by atoms with Gasteiger partial charge in [0.25, 0.3) is 0 Å². The van der Waals surface area contributed by atoms with E-state index in [0.717, 1.165) is 48.1 Å². The van der Waals surface area contributed by atoms with Gasteiger partial charge in [0, 0.05) is 24.4 Å². The molecule has 29 heavy (non-hydrogen) atoms. The summed E-state index contributed by atoms with van der Waals surface area (Å²) in [5.41, 5.74) is 3.98. The molecule has 1 aliphatic heterocycles. The van der Waals surface area contributed by atoms with E-state index < -0.39 is 0 Å². The largest absolute Gasteiger partial charge is 0.390 e. The van der Waals surface area contributed by atoms with E-state index in [2.05, 4.69) is 18.1 Å². The zero-order chi connectivity index (χ0) is 20.2. The first kappa shape index (κ1) is 19.6. The lowest BCUT2D eigenvalue weighted by molar-refractivity contribution is -0.137. The van der Waals surface area contributed by atoms with Crippen LogP contribution >= 0.6 is 0 Å². The molecule has 1 unspecified atom stereocenters. The van der Waals surface area contributed by atoms with Gasteiger partial charge in [-0.15, -0.1) is 0 Å². The Morgan fingerprint density at radius 1 is 1.17 bits per heavy atom. The van der Waals surface area contributed by atoms with Crippen molar-refractivity contribution in [2.75, 3.05) is 6.54 Å². The van der Waals surface area contributed by atoms with Crippen molar-refractivity contribution >= 4 is 11.6 Å². The first-order valence-corrected chi connectivity index (χ1v) is 10.4. The van der Waals surface area contributed by atoms with Crippen LogP contribution < -0.4 is 0 Å². The fraction of sp³-hybridized carbons (Fsp3) is 0.417. The van der Waals surface area contributed by atoms with Gasteiger partial charge in [-0.2, -0.15) is 0 Å². The average Bonchev–Trinajstić information content (AvgIpc) is 3.40. The molecule has 1 saturated carbocycles. The minimum atomic E-state index is -0.280. The molecule has 152 valence electrons. The van der Waals surface area contributed by atoms with Crippen LogP contribution in [0.2, 0.25) is 0 Å². The van der Waals surface area contributed by atoms with Crippen molar-refractivity contribution in [1.29, 1.82) is 0 Å². The van der Waals surface area contributed by atoms with E-state index in [-0.39, 0.29) is 23.7 Å². The van der Waals surface area contributed by atoms with Gasteiger partial charge in [-0.05, 0) is 43.0 Å². The third kappa shape index (κ3) is 4.66. The maximum absolute atomic E-state index is 13.7.